The SMILES string of the molecule is [N-]=[N+]=Nc1ccc(Cl)cc1Cn1nc2ccccc2n1. The van der Waals surface area contributed by atoms with Crippen LogP contribution in [-0.4, -0.2) is 15.0 Å². The van der Waals surface area contributed by atoms with Crippen molar-refractivity contribution in [1.29, 1.82) is 0 Å². The molecule has 3 rings (SSSR count). The van der Waals surface area contributed by atoms with E-state index < -0.39 is 0 Å². The second-order valence-corrected chi connectivity index (χ2v) is 4.62. The van der Waals surface area contributed by atoms with E-state index in [1.165, 1.54) is 0 Å². The molecule has 1 aromatic heterocycles. The zero-order valence-corrected chi connectivity index (χ0v) is 11.1. The summed E-state index contributed by atoms with van der Waals surface area (Å²) in [5, 5.41) is 13.0. The molecule has 98 valence electrons. The molecule has 6 nitrogen and oxygen atoms in total. The van der Waals surface area contributed by atoms with Gasteiger partial charge in [0.2, 0.25) is 0 Å². The number of halogens is 1. The molecule has 3 aromatic rings. The van der Waals surface area contributed by atoms with Crippen LogP contribution in [0.4, 0.5) is 5.69 Å². The third-order valence-corrected chi connectivity index (χ3v) is 3.07. The van der Waals surface area contributed by atoms with Crippen LogP contribution in [0, 0.1) is 0 Å². The fourth-order valence-electron chi connectivity index (χ4n) is 1.95. The first-order valence-corrected chi connectivity index (χ1v) is 6.27. The van der Waals surface area contributed by atoms with Gasteiger partial charge < -0.3 is 0 Å². The zero-order chi connectivity index (χ0) is 13.9. The number of benzene rings is 2. The van der Waals surface area contributed by atoms with Gasteiger partial charge in [-0.25, -0.2) is 0 Å². The van der Waals surface area contributed by atoms with Crippen LogP contribution in [0.1, 0.15) is 5.56 Å². The van der Waals surface area contributed by atoms with Crippen molar-refractivity contribution in [1.82, 2.24) is 15.0 Å². The second-order valence-electron chi connectivity index (χ2n) is 4.18. The van der Waals surface area contributed by atoms with Gasteiger partial charge in [-0.15, -0.1) is 0 Å². The van der Waals surface area contributed by atoms with Gasteiger partial charge in [0.15, 0.2) is 0 Å². The maximum absolute atomic E-state index is 8.58. The minimum Gasteiger partial charge on any atom is -0.179 e. The Bertz CT molecular complexity index is 786. The minimum absolute atomic E-state index is 0.392. The van der Waals surface area contributed by atoms with E-state index >= 15 is 0 Å². The van der Waals surface area contributed by atoms with E-state index in [0.717, 1.165) is 16.6 Å². The summed E-state index contributed by atoms with van der Waals surface area (Å²) in [6, 6.07) is 12.7. The van der Waals surface area contributed by atoms with Crippen molar-refractivity contribution in [2.75, 3.05) is 0 Å². The Morgan fingerprint density at radius 3 is 2.50 bits per heavy atom. The van der Waals surface area contributed by atoms with E-state index in [0.29, 0.717) is 17.3 Å². The average molecular weight is 285 g/mol. The van der Waals surface area contributed by atoms with Gasteiger partial charge in [-0.05, 0) is 35.4 Å². The Labute approximate surface area is 119 Å². The molecular formula is C13H9ClN6. The molecule has 0 atom stereocenters. The third-order valence-electron chi connectivity index (χ3n) is 2.83. The van der Waals surface area contributed by atoms with E-state index in [4.69, 9.17) is 17.1 Å². The Morgan fingerprint density at radius 2 is 1.85 bits per heavy atom. The standard InChI is InChI=1S/C13H9ClN6/c14-10-5-6-11(16-19-15)9(7-10)8-20-17-12-3-1-2-4-13(12)18-20/h1-7H,8H2. The Morgan fingerprint density at radius 1 is 1.15 bits per heavy atom. The van der Waals surface area contributed by atoms with Crippen molar-refractivity contribution in [3.8, 4) is 0 Å². The van der Waals surface area contributed by atoms with E-state index in [-0.39, 0.29) is 0 Å². The summed E-state index contributed by atoms with van der Waals surface area (Å²) in [5.74, 6) is 0. The van der Waals surface area contributed by atoms with E-state index in [1.54, 1.807) is 23.0 Å². The highest BCUT2D eigenvalue weighted by Crippen LogP contribution is 2.24. The summed E-state index contributed by atoms with van der Waals surface area (Å²) >= 11 is 5.98. The molecular weight excluding hydrogens is 276 g/mol. The molecule has 0 aliphatic rings. The van der Waals surface area contributed by atoms with Crippen molar-refractivity contribution in [2.45, 2.75) is 6.54 Å². The minimum atomic E-state index is 0.392. The normalized spacial score (nSPS) is 10.4. The largest absolute Gasteiger partial charge is 0.179 e. The van der Waals surface area contributed by atoms with Crippen molar-refractivity contribution in [3.63, 3.8) is 0 Å². The molecule has 1 heterocycles. The first kappa shape index (κ1) is 12.5. The molecule has 7 heteroatoms. The lowest BCUT2D eigenvalue weighted by atomic mass is 10.2. The van der Waals surface area contributed by atoms with Crippen LogP contribution in [0.25, 0.3) is 21.5 Å². The maximum atomic E-state index is 8.58. The quantitative estimate of drug-likeness (QED) is 0.413. The highest BCUT2D eigenvalue weighted by Gasteiger charge is 2.06. The lowest BCUT2D eigenvalue weighted by molar-refractivity contribution is 0.601. The first-order chi connectivity index (χ1) is 9.76. The Kier molecular flexibility index (Phi) is 3.25. The van der Waals surface area contributed by atoms with E-state index in [1.807, 2.05) is 24.3 Å². The van der Waals surface area contributed by atoms with Crippen LogP contribution in [0.3, 0.4) is 0 Å². The number of hydrogen-bond donors (Lipinski definition) is 0. The van der Waals surface area contributed by atoms with Gasteiger partial charge in [0.05, 0.1) is 6.54 Å². The molecule has 0 N–H and O–H groups in total. The summed E-state index contributed by atoms with van der Waals surface area (Å²) in [6.45, 7) is 0.392. The molecule has 0 amide bonds. The third kappa shape index (κ3) is 2.42. The number of azide groups is 1. The molecule has 0 spiro atoms. The number of fused-ring (bicyclic) bond motifs is 1. The van der Waals surface area contributed by atoms with E-state index in [2.05, 4.69) is 20.2 Å². The maximum Gasteiger partial charge on any atom is 0.113 e. The monoisotopic (exact) mass is 284 g/mol. The summed E-state index contributed by atoms with van der Waals surface area (Å²) < 4.78 is 0. The molecule has 0 saturated carbocycles. The van der Waals surface area contributed by atoms with Crippen LogP contribution in [0.15, 0.2) is 47.6 Å². The Balaban J connectivity index is 2.01. The molecule has 0 unspecified atom stereocenters. The summed E-state index contributed by atoms with van der Waals surface area (Å²) in [6.07, 6.45) is 0. The van der Waals surface area contributed by atoms with Crippen LogP contribution < -0.4 is 0 Å². The molecule has 0 fully saturated rings. The fraction of sp³-hybridized carbons (Fsp3) is 0.0769. The van der Waals surface area contributed by atoms with Gasteiger partial charge >= 0.3 is 0 Å². The predicted octanol–water partition coefficient (Wildman–Crippen LogP) is 4.07. The molecule has 2 aromatic carbocycles. The predicted molar refractivity (Wildman–Crippen MR) is 76.9 cm³/mol. The van der Waals surface area contributed by atoms with Crippen molar-refractivity contribution in [2.24, 2.45) is 5.11 Å². The highest BCUT2D eigenvalue weighted by atomic mass is 35.5. The summed E-state index contributed by atoms with van der Waals surface area (Å²) in [4.78, 5) is 4.37. The van der Waals surface area contributed by atoms with Crippen LogP contribution >= 0.6 is 11.6 Å². The summed E-state index contributed by atoms with van der Waals surface area (Å²) in [5.41, 5.74) is 11.5. The topological polar surface area (TPSA) is 79.5 Å². The molecule has 0 radical (unpaired) electrons. The van der Waals surface area contributed by atoms with Gasteiger partial charge in [0.25, 0.3) is 0 Å². The zero-order valence-electron chi connectivity index (χ0n) is 10.3. The molecule has 20 heavy (non-hydrogen) atoms. The Hall–Kier alpha value is -2.56. The van der Waals surface area contributed by atoms with Crippen LogP contribution in [-0.2, 0) is 6.54 Å². The molecule has 0 saturated heterocycles. The molecule has 0 aliphatic heterocycles. The average Bonchev–Trinajstić information content (AvgIpc) is 2.84. The van der Waals surface area contributed by atoms with Gasteiger partial charge in [-0.2, -0.15) is 15.0 Å². The summed E-state index contributed by atoms with van der Waals surface area (Å²) in [7, 11) is 0. The van der Waals surface area contributed by atoms with Crippen molar-refractivity contribution >= 4 is 28.3 Å². The van der Waals surface area contributed by atoms with Gasteiger partial charge in [-0.1, -0.05) is 34.9 Å². The number of nitrogens with zero attached hydrogens (tertiary/aromatic N) is 6. The molecule has 0 aliphatic carbocycles. The number of rotatable bonds is 3. The van der Waals surface area contributed by atoms with Gasteiger partial charge in [-0.3, -0.25) is 0 Å². The van der Waals surface area contributed by atoms with Crippen LogP contribution in [0.5, 0.6) is 0 Å². The lowest BCUT2D eigenvalue weighted by Crippen LogP contribution is -2.03. The van der Waals surface area contributed by atoms with Crippen molar-refractivity contribution in [3.05, 3.63) is 63.5 Å². The lowest BCUT2D eigenvalue weighted by Gasteiger charge is -2.04. The first-order valence-electron chi connectivity index (χ1n) is 5.89. The smallest absolute Gasteiger partial charge is 0.113 e. The van der Waals surface area contributed by atoms with Gasteiger partial charge in [0, 0.05) is 15.6 Å². The second kappa shape index (κ2) is 5.21. The highest BCUT2D eigenvalue weighted by molar-refractivity contribution is 6.30. The van der Waals surface area contributed by atoms with Crippen molar-refractivity contribution < 1.29 is 0 Å². The van der Waals surface area contributed by atoms with Crippen LogP contribution in [0.2, 0.25) is 5.02 Å². The number of hydrogen-bond acceptors (Lipinski definition) is 3. The fourth-order valence-corrected chi connectivity index (χ4v) is 2.15. The molecule has 0 bridgehead atoms. The van der Waals surface area contributed by atoms with Gasteiger partial charge in [0.1, 0.15) is 11.0 Å². The number of aromatic nitrogens is 3. The van der Waals surface area contributed by atoms with E-state index in [9.17, 15) is 0 Å².